The molecule has 3 heterocycles. The van der Waals surface area contributed by atoms with Crippen LogP contribution >= 0.6 is 15.9 Å². The van der Waals surface area contributed by atoms with E-state index < -0.39 is 30.4 Å². The molecule has 5 rings (SSSR count). The summed E-state index contributed by atoms with van der Waals surface area (Å²) in [7, 11) is 0. The third-order valence-electron chi connectivity index (χ3n) is 5.89. The van der Waals surface area contributed by atoms with Gasteiger partial charge in [-0.3, -0.25) is 0 Å². The number of carbonyl (C=O) groups is 2. The van der Waals surface area contributed by atoms with Crippen molar-refractivity contribution in [1.29, 1.82) is 0 Å². The van der Waals surface area contributed by atoms with Crippen molar-refractivity contribution in [2.75, 3.05) is 6.61 Å². The van der Waals surface area contributed by atoms with Crippen molar-refractivity contribution in [3.8, 4) is 0 Å². The first-order chi connectivity index (χ1) is 18.0. The fourth-order valence-electron chi connectivity index (χ4n) is 4.22. The summed E-state index contributed by atoms with van der Waals surface area (Å²) >= 11 is 3.51. The van der Waals surface area contributed by atoms with Crippen LogP contribution in [0.4, 0.5) is 5.69 Å². The maximum Gasteiger partial charge on any atom is 0.338 e. The first kappa shape index (κ1) is 24.5. The topological polar surface area (TPSA) is 128 Å². The molecule has 0 N–H and O–H groups in total. The Bertz CT molecular complexity index is 1490. The molecule has 1 fully saturated rings. The van der Waals surface area contributed by atoms with Crippen molar-refractivity contribution in [2.24, 2.45) is 5.11 Å². The van der Waals surface area contributed by atoms with E-state index in [9.17, 15) is 9.59 Å². The number of hydrogen-bond acceptors (Lipinski definition) is 7. The Kier molecular flexibility index (Phi) is 7.18. The van der Waals surface area contributed by atoms with Gasteiger partial charge in [-0.05, 0) is 51.8 Å². The van der Waals surface area contributed by atoms with Gasteiger partial charge in [-0.2, -0.15) is 0 Å². The molecule has 0 unspecified atom stereocenters. The molecule has 10 nitrogen and oxygen atoms in total. The molecular weight excluding hydrogens is 542 g/mol. The lowest BCUT2D eigenvalue weighted by atomic mass is 10.2. The minimum Gasteiger partial charge on any atom is -0.459 e. The van der Waals surface area contributed by atoms with Gasteiger partial charge in [0.25, 0.3) is 0 Å². The maximum absolute atomic E-state index is 12.9. The molecule has 1 saturated heterocycles. The fourth-order valence-corrected chi connectivity index (χ4v) is 4.82. The van der Waals surface area contributed by atoms with Crippen LogP contribution in [0.1, 0.15) is 33.4 Å². The molecule has 4 aromatic rings. The number of rotatable bonds is 7. The van der Waals surface area contributed by atoms with Gasteiger partial charge < -0.3 is 18.8 Å². The molecule has 0 bridgehead atoms. The second kappa shape index (κ2) is 10.8. The number of carbonyl (C=O) groups excluding carboxylic acids is 2. The summed E-state index contributed by atoms with van der Waals surface area (Å²) < 4.78 is 20.0. The van der Waals surface area contributed by atoms with Crippen LogP contribution in [-0.2, 0) is 14.2 Å². The Labute approximate surface area is 219 Å². The molecule has 0 amide bonds. The highest BCUT2D eigenvalue weighted by atomic mass is 79.9. The van der Waals surface area contributed by atoms with Gasteiger partial charge >= 0.3 is 11.9 Å². The zero-order chi connectivity index (χ0) is 25.8. The van der Waals surface area contributed by atoms with Gasteiger partial charge in [0.2, 0.25) is 0 Å². The molecule has 0 aliphatic carbocycles. The second-order valence-electron chi connectivity index (χ2n) is 8.26. The molecule has 0 radical (unpaired) electrons. The van der Waals surface area contributed by atoms with E-state index in [0.29, 0.717) is 38.7 Å². The highest BCUT2D eigenvalue weighted by Gasteiger charge is 2.41. The van der Waals surface area contributed by atoms with E-state index in [-0.39, 0.29) is 6.61 Å². The lowest BCUT2D eigenvalue weighted by Gasteiger charge is -2.21. The summed E-state index contributed by atoms with van der Waals surface area (Å²) in [6, 6.07) is 18.9. The lowest BCUT2D eigenvalue weighted by Crippen LogP contribution is -2.25. The van der Waals surface area contributed by atoms with Crippen LogP contribution in [0, 0.1) is 0 Å². The number of hydrogen-bond donors (Lipinski definition) is 0. The standard InChI is InChI=1S/C26H20BrN5O5/c27-19-14-32(23-22(19)20(30-31-28)11-12-29-23)24-21(37-26(34)17-9-5-2-6-10-17)13-18(36-24)15-35-25(33)16-7-3-1-4-8-16/h1-12,14,18,21,24H,13,15H2/t18-,21+,24+/m0/s1. The number of ether oxygens (including phenoxy) is 3. The van der Waals surface area contributed by atoms with Crippen LogP contribution in [0.25, 0.3) is 21.5 Å². The maximum atomic E-state index is 12.9. The Hall–Kier alpha value is -4.18. The van der Waals surface area contributed by atoms with Gasteiger partial charge in [0.15, 0.2) is 6.23 Å². The molecule has 0 spiro atoms. The molecule has 0 saturated carbocycles. The van der Waals surface area contributed by atoms with Crippen LogP contribution < -0.4 is 0 Å². The smallest absolute Gasteiger partial charge is 0.338 e. The van der Waals surface area contributed by atoms with E-state index in [1.165, 1.54) is 6.20 Å². The first-order valence-corrected chi connectivity index (χ1v) is 12.2. The van der Waals surface area contributed by atoms with E-state index in [0.717, 1.165) is 0 Å². The molecule has 1 aliphatic rings. The normalized spacial score (nSPS) is 18.8. The highest BCUT2D eigenvalue weighted by molar-refractivity contribution is 9.10. The number of benzene rings is 2. The van der Waals surface area contributed by atoms with E-state index in [1.54, 1.807) is 65.4 Å². The van der Waals surface area contributed by atoms with Crippen LogP contribution in [0.2, 0.25) is 0 Å². The molecule has 1 aliphatic heterocycles. The summed E-state index contributed by atoms with van der Waals surface area (Å²) in [6.07, 6.45) is 1.53. The van der Waals surface area contributed by atoms with Crippen molar-refractivity contribution < 1.29 is 23.8 Å². The molecule has 2 aromatic heterocycles. The Morgan fingerprint density at radius 3 is 2.43 bits per heavy atom. The van der Waals surface area contributed by atoms with E-state index in [1.807, 2.05) is 12.1 Å². The van der Waals surface area contributed by atoms with Gasteiger partial charge in [0, 0.05) is 33.6 Å². The highest BCUT2D eigenvalue weighted by Crippen LogP contribution is 2.39. The summed E-state index contributed by atoms with van der Waals surface area (Å²) in [5, 5.41) is 4.34. The average Bonchev–Trinajstić information content (AvgIpc) is 3.49. The zero-order valence-corrected chi connectivity index (χ0v) is 20.9. The van der Waals surface area contributed by atoms with Gasteiger partial charge in [0.1, 0.15) is 18.4 Å². The number of aromatic nitrogens is 2. The quantitative estimate of drug-likeness (QED) is 0.116. The molecule has 2 aromatic carbocycles. The van der Waals surface area contributed by atoms with Crippen LogP contribution in [0.3, 0.4) is 0 Å². The Balaban J connectivity index is 1.43. The van der Waals surface area contributed by atoms with Crippen molar-refractivity contribution in [1.82, 2.24) is 9.55 Å². The summed E-state index contributed by atoms with van der Waals surface area (Å²) in [5.41, 5.74) is 10.7. The van der Waals surface area contributed by atoms with E-state index in [2.05, 4.69) is 30.9 Å². The largest absolute Gasteiger partial charge is 0.459 e. The van der Waals surface area contributed by atoms with Crippen molar-refractivity contribution in [3.05, 3.63) is 105 Å². The van der Waals surface area contributed by atoms with Gasteiger partial charge in [-0.15, -0.1) is 0 Å². The Morgan fingerprint density at radius 2 is 1.76 bits per heavy atom. The molecule has 11 heteroatoms. The fraction of sp³-hybridized carbons (Fsp3) is 0.192. The van der Waals surface area contributed by atoms with Crippen molar-refractivity contribution in [3.63, 3.8) is 0 Å². The van der Waals surface area contributed by atoms with E-state index >= 15 is 0 Å². The zero-order valence-electron chi connectivity index (χ0n) is 19.3. The van der Waals surface area contributed by atoms with Gasteiger partial charge in [-0.1, -0.05) is 41.5 Å². The van der Waals surface area contributed by atoms with E-state index in [4.69, 9.17) is 19.7 Å². The third-order valence-corrected chi connectivity index (χ3v) is 6.50. The monoisotopic (exact) mass is 561 g/mol. The average molecular weight is 562 g/mol. The second-order valence-corrected chi connectivity index (χ2v) is 9.12. The molecular formula is C26H20BrN5O5. The number of esters is 2. The molecule has 3 atom stereocenters. The van der Waals surface area contributed by atoms with Crippen LogP contribution in [-0.4, -0.2) is 40.3 Å². The van der Waals surface area contributed by atoms with Gasteiger partial charge in [-0.25, -0.2) is 14.6 Å². The van der Waals surface area contributed by atoms with Gasteiger partial charge in [0.05, 0.1) is 22.9 Å². The number of pyridine rings is 1. The van der Waals surface area contributed by atoms with Crippen molar-refractivity contribution in [2.45, 2.75) is 24.9 Å². The molecule has 186 valence electrons. The number of nitrogens with zero attached hydrogens (tertiary/aromatic N) is 5. The summed E-state index contributed by atoms with van der Waals surface area (Å²) in [4.78, 5) is 32.7. The summed E-state index contributed by atoms with van der Waals surface area (Å²) in [5.74, 6) is -0.973. The first-order valence-electron chi connectivity index (χ1n) is 11.4. The van der Waals surface area contributed by atoms with Crippen LogP contribution in [0.15, 0.2) is 88.7 Å². The minimum absolute atomic E-state index is 0.0264. The SMILES string of the molecule is [N-]=[N+]=Nc1ccnc2c1c(Br)cn2[C@@H]1O[C@H](COC(=O)c2ccccc2)C[C@H]1OC(=O)c1ccccc1. The predicted molar refractivity (Wildman–Crippen MR) is 137 cm³/mol. The van der Waals surface area contributed by atoms with Crippen LogP contribution in [0.5, 0.6) is 0 Å². The number of fused-ring (bicyclic) bond motifs is 1. The number of azide groups is 1. The van der Waals surface area contributed by atoms with Crippen molar-refractivity contribution >= 4 is 44.6 Å². The Morgan fingerprint density at radius 1 is 1.08 bits per heavy atom. The minimum atomic E-state index is -0.768. The summed E-state index contributed by atoms with van der Waals surface area (Å²) in [6.45, 7) is -0.0264. The molecule has 37 heavy (non-hydrogen) atoms. The third kappa shape index (κ3) is 5.19. The number of halogens is 1. The predicted octanol–water partition coefficient (Wildman–Crippen LogP) is 6.11. The lowest BCUT2D eigenvalue weighted by molar-refractivity contribution is -0.0592.